The lowest BCUT2D eigenvalue weighted by Crippen LogP contribution is -2.23. The van der Waals surface area contributed by atoms with Crippen molar-refractivity contribution in [1.29, 1.82) is 0 Å². The van der Waals surface area contributed by atoms with Gasteiger partial charge in [0.2, 0.25) is 0 Å². The smallest absolute Gasteiger partial charge is 0.270 e. The number of ether oxygens (including phenoxy) is 1. The Morgan fingerprint density at radius 1 is 1.40 bits per heavy atom. The molecule has 0 bridgehead atoms. The van der Waals surface area contributed by atoms with Crippen LogP contribution >= 0.6 is 11.6 Å². The standard InChI is InChI=1S/C13H13ClFN3O2/c14-11-2-1-9(5-12(11)15)8-18-13(19)6-10(7-17-18)20-4-3-16/h1-2,5-7H,3-4,8,16H2. The largest absolute Gasteiger partial charge is 0.490 e. The number of rotatable bonds is 5. The molecule has 7 heteroatoms. The first-order valence-corrected chi connectivity index (χ1v) is 6.32. The van der Waals surface area contributed by atoms with E-state index >= 15 is 0 Å². The van der Waals surface area contributed by atoms with Crippen LogP contribution < -0.4 is 16.0 Å². The molecule has 1 heterocycles. The Kier molecular flexibility index (Phi) is 4.70. The van der Waals surface area contributed by atoms with Crippen molar-refractivity contribution < 1.29 is 9.13 Å². The number of halogens is 2. The Hall–Kier alpha value is -1.92. The lowest BCUT2D eigenvalue weighted by Gasteiger charge is -2.07. The van der Waals surface area contributed by atoms with Gasteiger partial charge in [0, 0.05) is 12.6 Å². The molecule has 0 saturated heterocycles. The van der Waals surface area contributed by atoms with Gasteiger partial charge >= 0.3 is 0 Å². The molecule has 106 valence electrons. The molecule has 0 spiro atoms. The highest BCUT2D eigenvalue weighted by Crippen LogP contribution is 2.15. The van der Waals surface area contributed by atoms with Gasteiger partial charge < -0.3 is 10.5 Å². The van der Waals surface area contributed by atoms with Crippen LogP contribution in [0.2, 0.25) is 5.02 Å². The van der Waals surface area contributed by atoms with Crippen molar-refractivity contribution in [3.8, 4) is 5.75 Å². The monoisotopic (exact) mass is 297 g/mol. The van der Waals surface area contributed by atoms with Crippen LogP contribution in [0.25, 0.3) is 0 Å². The first-order chi connectivity index (χ1) is 9.60. The predicted octanol–water partition coefficient (Wildman–Crippen LogP) is 1.42. The van der Waals surface area contributed by atoms with Crippen LogP contribution in [-0.4, -0.2) is 22.9 Å². The van der Waals surface area contributed by atoms with Crippen molar-refractivity contribution >= 4 is 11.6 Å². The first kappa shape index (κ1) is 14.5. The zero-order valence-corrected chi connectivity index (χ0v) is 11.3. The number of aromatic nitrogens is 2. The SMILES string of the molecule is NCCOc1cnn(Cc2ccc(Cl)c(F)c2)c(=O)c1. The van der Waals surface area contributed by atoms with Crippen LogP contribution in [0.4, 0.5) is 4.39 Å². The maximum Gasteiger partial charge on any atom is 0.270 e. The van der Waals surface area contributed by atoms with E-state index in [1.54, 1.807) is 6.07 Å². The third-order valence-corrected chi connectivity index (χ3v) is 2.85. The fraction of sp³-hybridized carbons (Fsp3) is 0.231. The lowest BCUT2D eigenvalue weighted by molar-refractivity contribution is 0.324. The van der Waals surface area contributed by atoms with E-state index in [1.165, 1.54) is 29.1 Å². The van der Waals surface area contributed by atoms with E-state index in [0.29, 0.717) is 24.5 Å². The minimum atomic E-state index is -0.528. The van der Waals surface area contributed by atoms with E-state index < -0.39 is 5.82 Å². The molecule has 2 rings (SSSR count). The molecular weight excluding hydrogens is 285 g/mol. The van der Waals surface area contributed by atoms with Gasteiger partial charge in [-0.3, -0.25) is 4.79 Å². The third-order valence-electron chi connectivity index (χ3n) is 2.55. The minimum absolute atomic E-state index is 0.0413. The summed E-state index contributed by atoms with van der Waals surface area (Å²) in [5.74, 6) is -0.167. The third kappa shape index (κ3) is 3.55. The van der Waals surface area contributed by atoms with Crippen molar-refractivity contribution in [2.75, 3.05) is 13.2 Å². The lowest BCUT2D eigenvalue weighted by atomic mass is 10.2. The number of hydrogen-bond donors (Lipinski definition) is 1. The molecule has 2 aromatic rings. The van der Waals surface area contributed by atoms with Crippen molar-refractivity contribution in [2.45, 2.75) is 6.54 Å². The molecule has 1 aromatic carbocycles. The van der Waals surface area contributed by atoms with Crippen LogP contribution in [0.5, 0.6) is 5.75 Å². The van der Waals surface area contributed by atoms with Gasteiger partial charge in [0.15, 0.2) is 0 Å². The second kappa shape index (κ2) is 6.49. The summed E-state index contributed by atoms with van der Waals surface area (Å²) in [7, 11) is 0. The molecule has 0 aliphatic heterocycles. The molecule has 2 N–H and O–H groups in total. The summed E-state index contributed by atoms with van der Waals surface area (Å²) < 4.78 is 19.7. The molecule has 0 fully saturated rings. The van der Waals surface area contributed by atoms with E-state index in [0.717, 1.165) is 0 Å². The Balaban J connectivity index is 2.17. The average Bonchev–Trinajstić information content (AvgIpc) is 2.43. The topological polar surface area (TPSA) is 70.1 Å². The number of hydrogen-bond acceptors (Lipinski definition) is 4. The van der Waals surface area contributed by atoms with Gasteiger partial charge in [-0.1, -0.05) is 17.7 Å². The maximum absolute atomic E-state index is 13.3. The summed E-state index contributed by atoms with van der Waals surface area (Å²) in [6, 6.07) is 5.67. The van der Waals surface area contributed by atoms with Crippen LogP contribution in [0.15, 0.2) is 35.3 Å². The van der Waals surface area contributed by atoms with Gasteiger partial charge in [0.05, 0.1) is 17.8 Å². The molecule has 0 unspecified atom stereocenters. The summed E-state index contributed by atoms with van der Waals surface area (Å²) in [5.41, 5.74) is 5.55. The highest BCUT2D eigenvalue weighted by atomic mass is 35.5. The summed E-state index contributed by atoms with van der Waals surface area (Å²) in [6.07, 6.45) is 1.42. The van der Waals surface area contributed by atoms with Crippen LogP contribution in [-0.2, 0) is 6.54 Å². The van der Waals surface area contributed by atoms with Gasteiger partial charge in [-0.05, 0) is 17.7 Å². The quantitative estimate of drug-likeness (QED) is 0.906. The number of benzene rings is 1. The molecular formula is C13H13ClFN3O2. The molecule has 0 atom stereocenters. The van der Waals surface area contributed by atoms with Crippen molar-refractivity contribution in [1.82, 2.24) is 9.78 Å². The summed E-state index contributed by atoms with van der Waals surface area (Å²) in [5, 5.41) is 4.00. The second-order valence-electron chi connectivity index (χ2n) is 4.07. The second-order valence-corrected chi connectivity index (χ2v) is 4.48. The predicted molar refractivity (Wildman–Crippen MR) is 73.6 cm³/mol. The molecule has 0 saturated carbocycles. The molecule has 0 aliphatic carbocycles. The Morgan fingerprint density at radius 2 is 2.20 bits per heavy atom. The molecule has 0 radical (unpaired) electrons. The van der Waals surface area contributed by atoms with Crippen molar-refractivity contribution in [3.05, 3.63) is 57.2 Å². The minimum Gasteiger partial charge on any atom is -0.490 e. The molecule has 20 heavy (non-hydrogen) atoms. The molecule has 1 aromatic heterocycles. The summed E-state index contributed by atoms with van der Waals surface area (Å²) >= 11 is 5.60. The Morgan fingerprint density at radius 3 is 2.85 bits per heavy atom. The molecule has 0 aliphatic rings. The zero-order valence-electron chi connectivity index (χ0n) is 10.6. The summed E-state index contributed by atoms with van der Waals surface area (Å²) in [4.78, 5) is 11.8. The van der Waals surface area contributed by atoms with Crippen LogP contribution in [0.3, 0.4) is 0 Å². The van der Waals surface area contributed by atoms with E-state index in [2.05, 4.69) is 5.10 Å². The van der Waals surface area contributed by atoms with Crippen LogP contribution in [0.1, 0.15) is 5.56 Å². The first-order valence-electron chi connectivity index (χ1n) is 5.94. The highest BCUT2D eigenvalue weighted by Gasteiger charge is 2.05. The van der Waals surface area contributed by atoms with E-state index in [1.807, 2.05) is 0 Å². The Bertz CT molecular complexity index is 660. The average molecular weight is 298 g/mol. The van der Waals surface area contributed by atoms with Crippen molar-refractivity contribution in [2.24, 2.45) is 5.73 Å². The highest BCUT2D eigenvalue weighted by molar-refractivity contribution is 6.30. The Labute approximate surface area is 119 Å². The van der Waals surface area contributed by atoms with E-state index in [9.17, 15) is 9.18 Å². The van der Waals surface area contributed by atoms with Gasteiger partial charge in [0.25, 0.3) is 5.56 Å². The molecule has 5 nitrogen and oxygen atoms in total. The number of nitrogens with zero attached hydrogens (tertiary/aromatic N) is 2. The zero-order chi connectivity index (χ0) is 14.5. The van der Waals surface area contributed by atoms with Crippen molar-refractivity contribution in [3.63, 3.8) is 0 Å². The van der Waals surface area contributed by atoms with E-state index in [4.69, 9.17) is 22.1 Å². The molecule has 0 amide bonds. The summed E-state index contributed by atoms with van der Waals surface area (Å²) in [6.45, 7) is 0.824. The fourth-order valence-electron chi connectivity index (χ4n) is 1.60. The fourth-order valence-corrected chi connectivity index (χ4v) is 1.72. The van der Waals surface area contributed by atoms with Gasteiger partial charge in [-0.2, -0.15) is 5.10 Å². The van der Waals surface area contributed by atoms with Gasteiger partial charge in [0.1, 0.15) is 18.2 Å². The normalized spacial score (nSPS) is 10.6. The van der Waals surface area contributed by atoms with E-state index in [-0.39, 0.29) is 17.1 Å². The van der Waals surface area contributed by atoms with Gasteiger partial charge in [-0.25, -0.2) is 9.07 Å². The maximum atomic E-state index is 13.3. The van der Waals surface area contributed by atoms with Gasteiger partial charge in [-0.15, -0.1) is 0 Å². The number of nitrogens with two attached hydrogens (primary N) is 1. The van der Waals surface area contributed by atoms with Crippen LogP contribution in [0, 0.1) is 5.82 Å².